The molecule has 102 valence electrons. The predicted octanol–water partition coefficient (Wildman–Crippen LogP) is 0.685. The summed E-state index contributed by atoms with van der Waals surface area (Å²) in [7, 11) is 1.71. The molecule has 0 atom stereocenters. The van der Waals surface area contributed by atoms with Crippen LogP contribution in [0.15, 0.2) is 17.1 Å². The number of nitrogens with one attached hydrogen (secondary N) is 1. The van der Waals surface area contributed by atoms with Crippen LogP contribution in [0, 0.1) is 0 Å². The van der Waals surface area contributed by atoms with Gasteiger partial charge in [0, 0.05) is 25.2 Å². The standard InChI is InChI=1S/C13H18N4O2/c1-3-4-10-9-5-7-17(2)13(19)11(9)12(16-15-10)14-6-8-18/h5,7,18H,3-4,6,8H2,1-2H3,(H,14,16). The van der Waals surface area contributed by atoms with Crippen LogP contribution >= 0.6 is 0 Å². The van der Waals surface area contributed by atoms with Crippen molar-refractivity contribution >= 4 is 16.6 Å². The highest BCUT2D eigenvalue weighted by molar-refractivity contribution is 5.92. The smallest absolute Gasteiger partial charge is 0.262 e. The molecule has 2 aromatic rings. The lowest BCUT2D eigenvalue weighted by Gasteiger charge is -2.10. The van der Waals surface area contributed by atoms with Gasteiger partial charge in [-0.3, -0.25) is 4.79 Å². The lowest BCUT2D eigenvalue weighted by atomic mass is 10.1. The Morgan fingerprint density at radius 3 is 2.89 bits per heavy atom. The van der Waals surface area contributed by atoms with Crippen molar-refractivity contribution in [3.8, 4) is 0 Å². The minimum atomic E-state index is -0.106. The van der Waals surface area contributed by atoms with E-state index in [-0.39, 0.29) is 12.2 Å². The molecule has 0 fully saturated rings. The number of hydrogen-bond donors (Lipinski definition) is 2. The van der Waals surface area contributed by atoms with E-state index in [1.54, 1.807) is 13.2 Å². The summed E-state index contributed by atoms with van der Waals surface area (Å²) in [6.45, 7) is 2.38. The minimum Gasteiger partial charge on any atom is -0.395 e. The first-order chi connectivity index (χ1) is 9.19. The second kappa shape index (κ2) is 5.79. The average molecular weight is 262 g/mol. The van der Waals surface area contributed by atoms with Crippen LogP contribution in [-0.4, -0.2) is 33.0 Å². The first kappa shape index (κ1) is 13.5. The molecule has 0 unspecified atom stereocenters. The zero-order valence-electron chi connectivity index (χ0n) is 11.2. The van der Waals surface area contributed by atoms with Crippen molar-refractivity contribution in [2.24, 2.45) is 7.05 Å². The molecule has 0 saturated carbocycles. The largest absolute Gasteiger partial charge is 0.395 e. The Labute approximate surface area is 111 Å². The number of fused-ring (bicyclic) bond motifs is 1. The third-order valence-electron chi connectivity index (χ3n) is 2.98. The van der Waals surface area contributed by atoms with Crippen LogP contribution in [0.4, 0.5) is 5.82 Å². The van der Waals surface area contributed by atoms with Gasteiger partial charge in [0.05, 0.1) is 17.7 Å². The Kier molecular flexibility index (Phi) is 4.11. The second-order valence-corrected chi connectivity index (χ2v) is 4.42. The highest BCUT2D eigenvalue weighted by Crippen LogP contribution is 2.20. The summed E-state index contributed by atoms with van der Waals surface area (Å²) >= 11 is 0. The van der Waals surface area contributed by atoms with E-state index in [1.165, 1.54) is 4.57 Å². The normalized spacial score (nSPS) is 10.9. The van der Waals surface area contributed by atoms with Gasteiger partial charge >= 0.3 is 0 Å². The Balaban J connectivity index is 2.67. The van der Waals surface area contributed by atoms with Gasteiger partial charge < -0.3 is 15.0 Å². The number of anilines is 1. The van der Waals surface area contributed by atoms with Crippen LogP contribution in [0.3, 0.4) is 0 Å². The number of aryl methyl sites for hydroxylation is 2. The molecule has 6 nitrogen and oxygen atoms in total. The molecule has 0 amide bonds. The van der Waals surface area contributed by atoms with Crippen molar-refractivity contribution in [2.75, 3.05) is 18.5 Å². The molecule has 0 aromatic carbocycles. The molecule has 2 aromatic heterocycles. The maximum atomic E-state index is 12.3. The van der Waals surface area contributed by atoms with Gasteiger partial charge in [0.15, 0.2) is 5.82 Å². The van der Waals surface area contributed by atoms with Crippen LogP contribution in [0.5, 0.6) is 0 Å². The van der Waals surface area contributed by atoms with Gasteiger partial charge in [-0.1, -0.05) is 13.3 Å². The van der Waals surface area contributed by atoms with Gasteiger partial charge in [-0.25, -0.2) is 0 Å². The lowest BCUT2D eigenvalue weighted by Crippen LogP contribution is -2.20. The molecule has 0 saturated heterocycles. The summed E-state index contributed by atoms with van der Waals surface area (Å²) in [4.78, 5) is 12.3. The zero-order chi connectivity index (χ0) is 13.8. The molecule has 0 spiro atoms. The molecule has 0 bridgehead atoms. The van der Waals surface area contributed by atoms with Gasteiger partial charge in [-0.2, -0.15) is 5.10 Å². The summed E-state index contributed by atoms with van der Waals surface area (Å²) < 4.78 is 1.52. The van der Waals surface area contributed by atoms with Crippen molar-refractivity contribution in [1.82, 2.24) is 14.8 Å². The molecule has 6 heteroatoms. The number of rotatable bonds is 5. The van der Waals surface area contributed by atoms with Gasteiger partial charge in [0.25, 0.3) is 5.56 Å². The fourth-order valence-electron chi connectivity index (χ4n) is 2.03. The van der Waals surface area contributed by atoms with E-state index in [4.69, 9.17) is 5.11 Å². The van der Waals surface area contributed by atoms with Crippen LogP contribution in [-0.2, 0) is 13.5 Å². The number of aromatic nitrogens is 3. The van der Waals surface area contributed by atoms with Crippen molar-refractivity contribution in [1.29, 1.82) is 0 Å². The first-order valence-corrected chi connectivity index (χ1v) is 6.38. The molecular weight excluding hydrogens is 244 g/mol. The Morgan fingerprint density at radius 2 is 2.21 bits per heavy atom. The third kappa shape index (κ3) is 2.58. The van der Waals surface area contributed by atoms with E-state index in [1.807, 2.05) is 6.07 Å². The van der Waals surface area contributed by atoms with E-state index in [0.29, 0.717) is 17.7 Å². The first-order valence-electron chi connectivity index (χ1n) is 6.38. The monoisotopic (exact) mass is 262 g/mol. The highest BCUT2D eigenvalue weighted by Gasteiger charge is 2.12. The fraction of sp³-hybridized carbons (Fsp3) is 0.462. The Morgan fingerprint density at radius 1 is 1.42 bits per heavy atom. The fourth-order valence-corrected chi connectivity index (χ4v) is 2.03. The molecule has 2 rings (SSSR count). The van der Waals surface area contributed by atoms with Crippen LogP contribution in [0.2, 0.25) is 0 Å². The van der Waals surface area contributed by atoms with Crippen LogP contribution in [0.1, 0.15) is 19.0 Å². The maximum absolute atomic E-state index is 12.3. The van der Waals surface area contributed by atoms with E-state index in [0.717, 1.165) is 23.9 Å². The molecule has 19 heavy (non-hydrogen) atoms. The van der Waals surface area contributed by atoms with Crippen molar-refractivity contribution in [3.05, 3.63) is 28.3 Å². The summed E-state index contributed by atoms with van der Waals surface area (Å²) in [5, 5.41) is 21.4. The highest BCUT2D eigenvalue weighted by atomic mass is 16.3. The molecule has 0 radical (unpaired) electrons. The molecular formula is C13H18N4O2. The molecule has 2 N–H and O–H groups in total. The third-order valence-corrected chi connectivity index (χ3v) is 2.98. The van der Waals surface area contributed by atoms with E-state index in [9.17, 15) is 4.79 Å². The SMILES string of the molecule is CCCc1nnc(NCCO)c2c(=O)n(C)ccc12. The number of aliphatic hydroxyl groups excluding tert-OH is 1. The van der Waals surface area contributed by atoms with E-state index >= 15 is 0 Å². The average Bonchev–Trinajstić information content (AvgIpc) is 2.42. The van der Waals surface area contributed by atoms with E-state index in [2.05, 4.69) is 22.4 Å². The maximum Gasteiger partial charge on any atom is 0.262 e. The number of nitrogens with zero attached hydrogens (tertiary/aromatic N) is 3. The minimum absolute atomic E-state index is 0.0208. The molecule has 0 aliphatic heterocycles. The van der Waals surface area contributed by atoms with E-state index < -0.39 is 0 Å². The predicted molar refractivity (Wildman–Crippen MR) is 74.3 cm³/mol. The second-order valence-electron chi connectivity index (χ2n) is 4.42. The Hall–Kier alpha value is -1.95. The van der Waals surface area contributed by atoms with Crippen molar-refractivity contribution in [2.45, 2.75) is 19.8 Å². The summed E-state index contributed by atoms with van der Waals surface area (Å²) in [5.41, 5.74) is 0.731. The summed E-state index contributed by atoms with van der Waals surface area (Å²) in [5.74, 6) is 0.435. The van der Waals surface area contributed by atoms with Gasteiger partial charge in [0.1, 0.15) is 0 Å². The van der Waals surface area contributed by atoms with Crippen LogP contribution < -0.4 is 10.9 Å². The molecule has 0 aliphatic rings. The van der Waals surface area contributed by atoms with Gasteiger partial charge in [-0.15, -0.1) is 5.10 Å². The molecule has 2 heterocycles. The van der Waals surface area contributed by atoms with Gasteiger partial charge in [0.2, 0.25) is 0 Å². The topological polar surface area (TPSA) is 80.0 Å². The summed E-state index contributed by atoms with van der Waals surface area (Å²) in [6.07, 6.45) is 3.47. The summed E-state index contributed by atoms with van der Waals surface area (Å²) in [6, 6.07) is 1.89. The quantitative estimate of drug-likeness (QED) is 0.828. The Bertz CT molecular complexity index is 636. The zero-order valence-corrected chi connectivity index (χ0v) is 11.2. The van der Waals surface area contributed by atoms with Crippen molar-refractivity contribution < 1.29 is 5.11 Å². The number of pyridine rings is 1. The van der Waals surface area contributed by atoms with Crippen molar-refractivity contribution in [3.63, 3.8) is 0 Å². The molecule has 0 aliphatic carbocycles. The number of hydrogen-bond acceptors (Lipinski definition) is 5. The van der Waals surface area contributed by atoms with Gasteiger partial charge in [-0.05, 0) is 12.5 Å². The van der Waals surface area contributed by atoms with Crippen LogP contribution in [0.25, 0.3) is 10.8 Å². The number of aliphatic hydroxyl groups is 1. The lowest BCUT2D eigenvalue weighted by molar-refractivity contribution is 0.311.